The lowest BCUT2D eigenvalue weighted by Crippen LogP contribution is -2.44. The van der Waals surface area contributed by atoms with Gasteiger partial charge in [-0.1, -0.05) is 18.9 Å². The van der Waals surface area contributed by atoms with Gasteiger partial charge in [-0.2, -0.15) is 0 Å². The molecule has 0 atom stereocenters. The lowest BCUT2D eigenvalue weighted by molar-refractivity contribution is -0.137. The summed E-state index contributed by atoms with van der Waals surface area (Å²) in [4.78, 5) is 29.4. The van der Waals surface area contributed by atoms with Crippen LogP contribution in [-0.2, 0) is 9.59 Å². The normalized spacial score (nSPS) is 19.6. The van der Waals surface area contributed by atoms with Crippen LogP contribution in [0.15, 0.2) is 18.2 Å². The number of likely N-dealkylation sites (tertiary alicyclic amines) is 2. The topological polar surface area (TPSA) is 52.7 Å². The maximum atomic E-state index is 12.8. The van der Waals surface area contributed by atoms with Crippen molar-refractivity contribution in [3.8, 4) is 0 Å². The van der Waals surface area contributed by atoms with E-state index in [1.54, 1.807) is 0 Å². The third kappa shape index (κ3) is 5.91. The number of carbonyl (C=O) groups is 2. The first kappa shape index (κ1) is 20.6. The molecule has 0 unspecified atom stereocenters. The minimum atomic E-state index is 0.0203. The van der Waals surface area contributed by atoms with Gasteiger partial charge >= 0.3 is 0 Å². The van der Waals surface area contributed by atoms with E-state index in [1.165, 1.54) is 18.4 Å². The van der Waals surface area contributed by atoms with Crippen molar-refractivity contribution < 1.29 is 9.59 Å². The van der Waals surface area contributed by atoms with Crippen LogP contribution >= 0.6 is 22.6 Å². The van der Waals surface area contributed by atoms with Crippen LogP contribution < -0.4 is 5.32 Å². The second kappa shape index (κ2) is 9.87. The Morgan fingerprint density at radius 3 is 2.37 bits per heavy atom. The highest BCUT2D eigenvalue weighted by molar-refractivity contribution is 14.1. The molecule has 3 rings (SSSR count). The third-order valence-electron chi connectivity index (χ3n) is 5.68. The Bertz CT molecular complexity index is 663. The average molecular weight is 483 g/mol. The fourth-order valence-corrected chi connectivity index (χ4v) is 4.48. The molecule has 27 heavy (non-hydrogen) atoms. The fraction of sp³-hybridized carbons (Fsp3) is 0.619. The maximum absolute atomic E-state index is 12.8. The van der Waals surface area contributed by atoms with Crippen molar-refractivity contribution in [2.45, 2.75) is 45.4 Å². The molecule has 1 aromatic carbocycles. The van der Waals surface area contributed by atoms with Crippen LogP contribution in [0.1, 0.15) is 44.1 Å². The van der Waals surface area contributed by atoms with Crippen LogP contribution in [0.3, 0.4) is 0 Å². The van der Waals surface area contributed by atoms with Gasteiger partial charge in [0, 0.05) is 28.3 Å². The molecule has 2 fully saturated rings. The number of hydrogen-bond donors (Lipinski definition) is 1. The number of carbonyl (C=O) groups excluding carboxylic acids is 2. The first-order chi connectivity index (χ1) is 13.0. The SMILES string of the molecule is Cc1ccc(NC(=O)CN2CCC(C(=O)N3CCCCCC3)CC2)cc1I. The Morgan fingerprint density at radius 2 is 1.74 bits per heavy atom. The molecular formula is C21H30IN3O2. The number of benzene rings is 1. The summed E-state index contributed by atoms with van der Waals surface area (Å²) in [5.41, 5.74) is 2.06. The molecule has 1 aromatic rings. The first-order valence-electron chi connectivity index (χ1n) is 10.1. The van der Waals surface area contributed by atoms with E-state index in [0.717, 1.165) is 61.1 Å². The zero-order valence-electron chi connectivity index (χ0n) is 16.2. The molecule has 2 amide bonds. The fourth-order valence-electron chi connectivity index (χ4n) is 3.96. The molecule has 2 heterocycles. The van der Waals surface area contributed by atoms with E-state index >= 15 is 0 Å². The van der Waals surface area contributed by atoms with Gasteiger partial charge in [-0.25, -0.2) is 0 Å². The molecule has 0 bridgehead atoms. The quantitative estimate of drug-likeness (QED) is 0.666. The minimum absolute atomic E-state index is 0.0203. The maximum Gasteiger partial charge on any atom is 0.238 e. The van der Waals surface area contributed by atoms with Gasteiger partial charge in [0.05, 0.1) is 6.54 Å². The summed E-state index contributed by atoms with van der Waals surface area (Å²) < 4.78 is 1.15. The highest BCUT2D eigenvalue weighted by atomic mass is 127. The zero-order valence-corrected chi connectivity index (χ0v) is 18.3. The second-order valence-electron chi connectivity index (χ2n) is 7.80. The van der Waals surface area contributed by atoms with Crippen LogP contribution in [-0.4, -0.2) is 54.3 Å². The summed E-state index contributed by atoms with van der Waals surface area (Å²) in [6.07, 6.45) is 6.51. The smallest absolute Gasteiger partial charge is 0.238 e. The van der Waals surface area contributed by atoms with Crippen molar-refractivity contribution in [2.24, 2.45) is 5.92 Å². The Morgan fingerprint density at radius 1 is 1.07 bits per heavy atom. The number of amides is 2. The Balaban J connectivity index is 1.44. The van der Waals surface area contributed by atoms with Crippen LogP contribution in [0.5, 0.6) is 0 Å². The van der Waals surface area contributed by atoms with Gasteiger partial charge in [0.2, 0.25) is 11.8 Å². The number of nitrogens with one attached hydrogen (secondary N) is 1. The number of hydrogen-bond acceptors (Lipinski definition) is 3. The summed E-state index contributed by atoms with van der Waals surface area (Å²) in [5.74, 6) is 0.503. The molecule has 0 saturated carbocycles. The second-order valence-corrected chi connectivity index (χ2v) is 8.96. The van der Waals surface area contributed by atoms with E-state index in [1.807, 2.05) is 18.2 Å². The van der Waals surface area contributed by atoms with E-state index in [-0.39, 0.29) is 11.8 Å². The van der Waals surface area contributed by atoms with Gasteiger partial charge in [0.1, 0.15) is 0 Å². The largest absolute Gasteiger partial charge is 0.342 e. The number of halogens is 1. The summed E-state index contributed by atoms with van der Waals surface area (Å²) in [5, 5.41) is 2.99. The van der Waals surface area contributed by atoms with Gasteiger partial charge in [-0.05, 0) is 86.0 Å². The molecule has 5 nitrogen and oxygen atoms in total. The highest BCUT2D eigenvalue weighted by Gasteiger charge is 2.29. The van der Waals surface area contributed by atoms with Crippen molar-refractivity contribution in [1.82, 2.24) is 9.80 Å². The number of rotatable bonds is 4. The molecule has 0 aromatic heterocycles. The van der Waals surface area contributed by atoms with E-state index < -0.39 is 0 Å². The lowest BCUT2D eigenvalue weighted by Gasteiger charge is -2.33. The first-order valence-corrected chi connectivity index (χ1v) is 11.2. The van der Waals surface area contributed by atoms with Gasteiger partial charge in [-0.3, -0.25) is 14.5 Å². The number of piperidine rings is 1. The monoisotopic (exact) mass is 483 g/mol. The molecule has 2 aliphatic rings. The minimum Gasteiger partial charge on any atom is -0.342 e. The number of aryl methyl sites for hydroxylation is 1. The van der Waals surface area contributed by atoms with Gasteiger partial charge < -0.3 is 10.2 Å². The summed E-state index contributed by atoms with van der Waals surface area (Å²) in [6, 6.07) is 5.97. The van der Waals surface area contributed by atoms with Crippen molar-refractivity contribution in [3.05, 3.63) is 27.3 Å². The van der Waals surface area contributed by atoms with Crippen LogP contribution in [0.2, 0.25) is 0 Å². The van der Waals surface area contributed by atoms with Crippen molar-refractivity contribution in [2.75, 3.05) is 38.0 Å². The Labute approximate surface area is 176 Å². The lowest BCUT2D eigenvalue weighted by atomic mass is 9.95. The molecule has 0 radical (unpaired) electrons. The summed E-state index contributed by atoms with van der Waals surface area (Å²) in [6.45, 7) is 5.96. The standard InChI is InChI=1S/C21H30IN3O2/c1-16-6-7-18(14-19(16)22)23-20(26)15-24-12-8-17(9-13-24)21(27)25-10-4-2-3-5-11-25/h6-7,14,17H,2-5,8-13,15H2,1H3,(H,23,26). The van der Waals surface area contributed by atoms with Crippen molar-refractivity contribution in [3.63, 3.8) is 0 Å². The predicted molar refractivity (Wildman–Crippen MR) is 117 cm³/mol. The third-order valence-corrected chi connectivity index (χ3v) is 6.84. The van der Waals surface area contributed by atoms with E-state index in [9.17, 15) is 9.59 Å². The predicted octanol–water partition coefficient (Wildman–Crippen LogP) is 3.65. The number of nitrogens with zero attached hydrogens (tertiary/aromatic N) is 2. The van der Waals surface area contributed by atoms with Crippen LogP contribution in [0.4, 0.5) is 5.69 Å². The molecule has 1 N–H and O–H groups in total. The van der Waals surface area contributed by atoms with E-state index in [2.05, 4.69) is 44.6 Å². The van der Waals surface area contributed by atoms with Crippen molar-refractivity contribution >= 4 is 40.1 Å². The van der Waals surface area contributed by atoms with Crippen molar-refractivity contribution in [1.29, 1.82) is 0 Å². The number of anilines is 1. The molecule has 0 spiro atoms. The van der Waals surface area contributed by atoms with Gasteiger partial charge in [-0.15, -0.1) is 0 Å². The average Bonchev–Trinajstić information content (AvgIpc) is 2.94. The molecule has 2 saturated heterocycles. The molecule has 2 aliphatic heterocycles. The van der Waals surface area contributed by atoms with Crippen LogP contribution in [0.25, 0.3) is 0 Å². The molecule has 0 aliphatic carbocycles. The van der Waals surface area contributed by atoms with E-state index in [4.69, 9.17) is 0 Å². The van der Waals surface area contributed by atoms with Gasteiger partial charge in [0.15, 0.2) is 0 Å². The summed E-state index contributed by atoms with van der Waals surface area (Å²) >= 11 is 2.28. The highest BCUT2D eigenvalue weighted by Crippen LogP contribution is 2.22. The summed E-state index contributed by atoms with van der Waals surface area (Å²) in [7, 11) is 0. The molecular weight excluding hydrogens is 453 g/mol. The molecule has 148 valence electrons. The zero-order chi connectivity index (χ0) is 19.2. The van der Waals surface area contributed by atoms with E-state index in [0.29, 0.717) is 12.5 Å². The van der Waals surface area contributed by atoms with Gasteiger partial charge in [0.25, 0.3) is 0 Å². The Hall–Kier alpha value is -1.15. The Kier molecular flexibility index (Phi) is 7.52. The molecule has 6 heteroatoms. The van der Waals surface area contributed by atoms with Crippen LogP contribution in [0, 0.1) is 16.4 Å².